The second-order valence-electron chi connectivity index (χ2n) is 5.66. The second-order valence-corrected chi connectivity index (χ2v) is 5.66. The number of halogens is 6. The van der Waals surface area contributed by atoms with Crippen LogP contribution in [0.15, 0.2) is 42.5 Å². The molecular formula is C18H14F6N2O. The van der Waals surface area contributed by atoms with Crippen LogP contribution >= 0.6 is 0 Å². The zero-order chi connectivity index (χ0) is 20.2. The summed E-state index contributed by atoms with van der Waals surface area (Å²) in [6.07, 6.45) is -9.48. The van der Waals surface area contributed by atoms with Crippen molar-refractivity contribution in [2.24, 2.45) is 0 Å². The van der Waals surface area contributed by atoms with Gasteiger partial charge < -0.3 is 9.64 Å². The van der Waals surface area contributed by atoms with Crippen LogP contribution in [0.1, 0.15) is 16.7 Å². The van der Waals surface area contributed by atoms with E-state index in [-0.39, 0.29) is 12.2 Å². The molecule has 0 aromatic heterocycles. The lowest BCUT2D eigenvalue weighted by atomic mass is 10.1. The van der Waals surface area contributed by atoms with Gasteiger partial charge in [-0.05, 0) is 35.9 Å². The van der Waals surface area contributed by atoms with Gasteiger partial charge in [0.25, 0.3) is 0 Å². The molecule has 2 aromatic rings. The largest absolute Gasteiger partial charge is 0.497 e. The van der Waals surface area contributed by atoms with E-state index < -0.39 is 30.0 Å². The molecule has 0 radical (unpaired) electrons. The summed E-state index contributed by atoms with van der Waals surface area (Å²) in [5, 5.41) is 8.83. The summed E-state index contributed by atoms with van der Waals surface area (Å²) in [5.74, 6) is 0.499. The van der Waals surface area contributed by atoms with E-state index in [0.717, 1.165) is 17.0 Å². The SMILES string of the molecule is COc1ccc(CN(CC(F)(F)F)c2ccc(C#N)c(C(F)(F)F)c2)cc1. The van der Waals surface area contributed by atoms with Crippen LogP contribution in [0.4, 0.5) is 32.0 Å². The number of benzene rings is 2. The van der Waals surface area contributed by atoms with E-state index >= 15 is 0 Å². The first-order chi connectivity index (χ1) is 12.5. The maximum absolute atomic E-state index is 13.1. The van der Waals surface area contributed by atoms with Gasteiger partial charge >= 0.3 is 12.4 Å². The molecule has 3 nitrogen and oxygen atoms in total. The molecule has 0 saturated carbocycles. The molecule has 2 rings (SSSR count). The van der Waals surface area contributed by atoms with Gasteiger partial charge in [0.1, 0.15) is 12.3 Å². The number of nitriles is 1. The molecule has 0 amide bonds. The van der Waals surface area contributed by atoms with Crippen molar-refractivity contribution < 1.29 is 31.1 Å². The minimum atomic E-state index is -4.86. The van der Waals surface area contributed by atoms with Gasteiger partial charge in [0.05, 0.1) is 24.3 Å². The number of anilines is 1. The predicted octanol–water partition coefficient (Wildman–Crippen LogP) is 5.15. The Kier molecular flexibility index (Phi) is 5.88. The molecule has 0 aliphatic heterocycles. The molecule has 0 bridgehead atoms. The topological polar surface area (TPSA) is 36.3 Å². The molecule has 0 fully saturated rings. The first kappa shape index (κ1) is 20.4. The van der Waals surface area contributed by atoms with Crippen LogP contribution in [0.25, 0.3) is 0 Å². The summed E-state index contributed by atoms with van der Waals surface area (Å²) in [6, 6.07) is 10.0. The summed E-state index contributed by atoms with van der Waals surface area (Å²) < 4.78 is 83.2. The van der Waals surface area contributed by atoms with Crippen molar-refractivity contribution in [2.45, 2.75) is 18.9 Å². The Morgan fingerprint density at radius 2 is 1.63 bits per heavy atom. The third-order valence-corrected chi connectivity index (χ3v) is 3.70. The second kappa shape index (κ2) is 7.78. The van der Waals surface area contributed by atoms with Crippen LogP contribution in [0.3, 0.4) is 0 Å². The Morgan fingerprint density at radius 3 is 2.11 bits per heavy atom. The summed E-state index contributed by atoms with van der Waals surface area (Å²) in [7, 11) is 1.43. The lowest BCUT2D eigenvalue weighted by Crippen LogP contribution is -2.34. The minimum absolute atomic E-state index is 0.271. The maximum Gasteiger partial charge on any atom is 0.417 e. The van der Waals surface area contributed by atoms with Crippen molar-refractivity contribution >= 4 is 5.69 Å². The summed E-state index contributed by atoms with van der Waals surface area (Å²) in [4.78, 5) is 0.776. The van der Waals surface area contributed by atoms with Crippen LogP contribution in [0, 0.1) is 11.3 Å². The van der Waals surface area contributed by atoms with Crippen LogP contribution < -0.4 is 9.64 Å². The number of hydrogen-bond donors (Lipinski definition) is 0. The molecule has 0 aliphatic rings. The zero-order valence-electron chi connectivity index (χ0n) is 14.0. The number of hydrogen-bond acceptors (Lipinski definition) is 3. The lowest BCUT2D eigenvalue weighted by Gasteiger charge is -2.27. The Hall–Kier alpha value is -2.89. The van der Waals surface area contributed by atoms with E-state index in [1.54, 1.807) is 12.1 Å². The molecule has 0 atom stereocenters. The van der Waals surface area contributed by atoms with E-state index in [4.69, 9.17) is 10.00 Å². The first-order valence-electron chi connectivity index (χ1n) is 7.59. The normalized spacial score (nSPS) is 11.8. The van der Waals surface area contributed by atoms with Gasteiger partial charge in [0, 0.05) is 12.2 Å². The fourth-order valence-electron chi connectivity index (χ4n) is 2.47. The van der Waals surface area contributed by atoms with Crippen LogP contribution in [-0.2, 0) is 12.7 Å². The molecule has 0 saturated heterocycles. The van der Waals surface area contributed by atoms with E-state index in [0.29, 0.717) is 17.4 Å². The molecule has 2 aromatic carbocycles. The number of ether oxygens (including phenoxy) is 1. The summed E-state index contributed by atoms with van der Waals surface area (Å²) >= 11 is 0. The standard InChI is InChI=1S/C18H14F6N2O/c1-27-15-6-2-12(3-7-15)10-26(11-17(19,20)21)14-5-4-13(9-25)16(8-14)18(22,23)24/h2-8H,10-11H2,1H3. The average Bonchev–Trinajstić information content (AvgIpc) is 2.59. The summed E-state index contributed by atoms with van der Waals surface area (Å²) in [5.41, 5.74) is -1.75. The lowest BCUT2D eigenvalue weighted by molar-refractivity contribution is -0.137. The van der Waals surface area contributed by atoms with Crippen molar-refractivity contribution in [3.8, 4) is 11.8 Å². The summed E-state index contributed by atoms with van der Waals surface area (Å²) in [6.45, 7) is -1.71. The fraction of sp³-hybridized carbons (Fsp3) is 0.278. The van der Waals surface area contributed by atoms with Gasteiger partial charge in [-0.2, -0.15) is 31.6 Å². The first-order valence-corrected chi connectivity index (χ1v) is 7.59. The third kappa shape index (κ3) is 5.54. The van der Waals surface area contributed by atoms with Crippen molar-refractivity contribution in [2.75, 3.05) is 18.6 Å². The Balaban J connectivity index is 2.43. The highest BCUT2D eigenvalue weighted by atomic mass is 19.4. The molecule has 27 heavy (non-hydrogen) atoms. The number of nitrogens with zero attached hydrogens (tertiary/aromatic N) is 2. The van der Waals surface area contributed by atoms with Crippen molar-refractivity contribution in [1.29, 1.82) is 5.26 Å². The molecular weight excluding hydrogens is 374 g/mol. The van der Waals surface area contributed by atoms with E-state index in [2.05, 4.69) is 0 Å². The van der Waals surface area contributed by atoms with Crippen molar-refractivity contribution in [3.05, 3.63) is 59.2 Å². The fourth-order valence-corrected chi connectivity index (χ4v) is 2.47. The zero-order valence-corrected chi connectivity index (χ0v) is 14.0. The Bertz CT molecular complexity index is 822. The highest BCUT2D eigenvalue weighted by Gasteiger charge is 2.36. The highest BCUT2D eigenvalue weighted by molar-refractivity contribution is 5.55. The maximum atomic E-state index is 13.1. The van der Waals surface area contributed by atoms with Crippen molar-refractivity contribution in [3.63, 3.8) is 0 Å². The van der Waals surface area contributed by atoms with Gasteiger partial charge in [-0.3, -0.25) is 0 Å². The average molecular weight is 388 g/mol. The number of methoxy groups -OCH3 is 1. The molecule has 144 valence electrons. The quantitative estimate of drug-likeness (QED) is 0.665. The molecule has 0 unspecified atom stereocenters. The van der Waals surface area contributed by atoms with Crippen LogP contribution in [-0.4, -0.2) is 19.8 Å². The molecule has 0 N–H and O–H groups in total. The van der Waals surface area contributed by atoms with Gasteiger partial charge in [-0.25, -0.2) is 0 Å². The highest BCUT2D eigenvalue weighted by Crippen LogP contribution is 2.35. The number of rotatable bonds is 5. The minimum Gasteiger partial charge on any atom is -0.497 e. The van der Waals surface area contributed by atoms with Gasteiger partial charge in [0.15, 0.2) is 0 Å². The molecule has 0 heterocycles. The third-order valence-electron chi connectivity index (χ3n) is 3.70. The monoisotopic (exact) mass is 388 g/mol. The van der Waals surface area contributed by atoms with Crippen LogP contribution in [0.5, 0.6) is 5.75 Å². The van der Waals surface area contributed by atoms with Crippen molar-refractivity contribution in [1.82, 2.24) is 0 Å². The Morgan fingerprint density at radius 1 is 1.00 bits per heavy atom. The predicted molar refractivity (Wildman–Crippen MR) is 86.3 cm³/mol. The molecule has 9 heteroatoms. The van der Waals surface area contributed by atoms with E-state index in [1.165, 1.54) is 25.3 Å². The van der Waals surface area contributed by atoms with E-state index in [9.17, 15) is 26.3 Å². The van der Waals surface area contributed by atoms with Crippen LogP contribution in [0.2, 0.25) is 0 Å². The van der Waals surface area contributed by atoms with E-state index in [1.807, 2.05) is 0 Å². The van der Waals surface area contributed by atoms with Gasteiger partial charge in [0.2, 0.25) is 0 Å². The van der Waals surface area contributed by atoms with Gasteiger partial charge in [-0.1, -0.05) is 12.1 Å². The molecule has 0 aliphatic carbocycles. The van der Waals surface area contributed by atoms with Gasteiger partial charge in [-0.15, -0.1) is 0 Å². The molecule has 0 spiro atoms. The number of alkyl halides is 6. The smallest absolute Gasteiger partial charge is 0.417 e. The Labute approximate surface area is 151 Å².